The van der Waals surface area contributed by atoms with E-state index in [9.17, 15) is 14.4 Å². The second-order valence-electron chi connectivity index (χ2n) is 5.62. The molecule has 5 nitrogen and oxygen atoms in total. The molecular formula is C20H21NO4S. The number of ketones is 1. The third-order valence-electron chi connectivity index (χ3n) is 3.53. The van der Waals surface area contributed by atoms with Crippen molar-refractivity contribution in [1.29, 1.82) is 0 Å². The third-order valence-corrected chi connectivity index (χ3v) is 4.51. The maximum absolute atomic E-state index is 12.1. The largest absolute Gasteiger partial charge is 0.457 e. The van der Waals surface area contributed by atoms with Crippen LogP contribution in [0.5, 0.6) is 0 Å². The van der Waals surface area contributed by atoms with Gasteiger partial charge in [-0.2, -0.15) is 0 Å². The van der Waals surface area contributed by atoms with E-state index in [2.05, 4.69) is 5.32 Å². The molecule has 0 unspecified atom stereocenters. The molecule has 6 heteroatoms. The SMILES string of the molecule is CC(=O)NCCc1ccc(C(=O)COC(=O)CSc2ccccc2)cc1. The van der Waals surface area contributed by atoms with E-state index < -0.39 is 5.97 Å². The van der Waals surface area contributed by atoms with Gasteiger partial charge in [-0.05, 0) is 24.1 Å². The number of amides is 1. The summed E-state index contributed by atoms with van der Waals surface area (Å²) >= 11 is 1.37. The number of Topliss-reactive ketones (excluding diaryl/α,β-unsaturated/α-hetero) is 1. The highest BCUT2D eigenvalue weighted by atomic mass is 32.2. The highest BCUT2D eigenvalue weighted by Gasteiger charge is 2.10. The van der Waals surface area contributed by atoms with Gasteiger partial charge in [-0.1, -0.05) is 42.5 Å². The number of hydrogen-bond acceptors (Lipinski definition) is 5. The van der Waals surface area contributed by atoms with Crippen LogP contribution >= 0.6 is 11.8 Å². The Morgan fingerprint density at radius 1 is 1.00 bits per heavy atom. The molecule has 1 amide bonds. The first-order valence-electron chi connectivity index (χ1n) is 8.24. The standard InChI is InChI=1S/C20H21NO4S/c1-15(22)21-12-11-16-7-9-17(10-8-16)19(23)13-25-20(24)14-26-18-5-3-2-4-6-18/h2-10H,11-14H2,1H3,(H,21,22). The van der Waals surface area contributed by atoms with Gasteiger partial charge < -0.3 is 10.1 Å². The molecule has 0 radical (unpaired) electrons. The lowest BCUT2D eigenvalue weighted by Gasteiger charge is -2.06. The second-order valence-corrected chi connectivity index (χ2v) is 6.66. The molecule has 0 fully saturated rings. The summed E-state index contributed by atoms with van der Waals surface area (Å²) in [5, 5.41) is 2.72. The Kier molecular flexibility index (Phi) is 7.89. The molecule has 2 aromatic carbocycles. The maximum Gasteiger partial charge on any atom is 0.316 e. The molecule has 2 rings (SSSR count). The number of ether oxygens (including phenoxy) is 1. The van der Waals surface area contributed by atoms with Gasteiger partial charge in [0, 0.05) is 23.9 Å². The summed E-state index contributed by atoms with van der Waals surface area (Å²) in [7, 11) is 0. The Balaban J connectivity index is 1.73. The number of esters is 1. The molecular weight excluding hydrogens is 350 g/mol. The molecule has 0 bridgehead atoms. The fraction of sp³-hybridized carbons (Fsp3) is 0.250. The monoisotopic (exact) mass is 371 g/mol. The van der Waals surface area contributed by atoms with Gasteiger partial charge in [-0.3, -0.25) is 14.4 Å². The summed E-state index contributed by atoms with van der Waals surface area (Å²) in [4.78, 5) is 35.7. The Hall–Kier alpha value is -2.60. The van der Waals surface area contributed by atoms with Crippen molar-refractivity contribution in [2.45, 2.75) is 18.2 Å². The number of hydrogen-bond donors (Lipinski definition) is 1. The van der Waals surface area contributed by atoms with E-state index in [1.54, 1.807) is 12.1 Å². The van der Waals surface area contributed by atoms with Crippen molar-refractivity contribution < 1.29 is 19.1 Å². The van der Waals surface area contributed by atoms with Crippen molar-refractivity contribution in [3.63, 3.8) is 0 Å². The Morgan fingerprint density at radius 2 is 1.69 bits per heavy atom. The quantitative estimate of drug-likeness (QED) is 0.417. The molecule has 0 saturated carbocycles. The zero-order valence-electron chi connectivity index (χ0n) is 14.6. The summed E-state index contributed by atoms with van der Waals surface area (Å²) in [6.07, 6.45) is 0.694. The molecule has 2 aromatic rings. The number of nitrogens with one attached hydrogen (secondary N) is 1. The average molecular weight is 371 g/mol. The van der Waals surface area contributed by atoms with Crippen LogP contribution in [0.25, 0.3) is 0 Å². The van der Waals surface area contributed by atoms with Gasteiger partial charge >= 0.3 is 5.97 Å². The average Bonchev–Trinajstić information content (AvgIpc) is 2.65. The van der Waals surface area contributed by atoms with E-state index in [0.717, 1.165) is 10.5 Å². The highest BCUT2D eigenvalue weighted by Crippen LogP contribution is 2.16. The van der Waals surface area contributed by atoms with Crippen LogP contribution in [0.15, 0.2) is 59.5 Å². The molecule has 0 atom stereocenters. The minimum atomic E-state index is -0.417. The molecule has 1 N–H and O–H groups in total. The maximum atomic E-state index is 12.1. The Bertz CT molecular complexity index is 744. The van der Waals surface area contributed by atoms with Crippen molar-refractivity contribution in [1.82, 2.24) is 5.32 Å². The Labute approximate surface area is 157 Å². The number of benzene rings is 2. The van der Waals surface area contributed by atoms with Gasteiger partial charge in [-0.25, -0.2) is 0 Å². The molecule has 0 aromatic heterocycles. The highest BCUT2D eigenvalue weighted by molar-refractivity contribution is 8.00. The van der Waals surface area contributed by atoms with Gasteiger partial charge in [0.2, 0.25) is 5.91 Å². The Morgan fingerprint density at radius 3 is 2.35 bits per heavy atom. The lowest BCUT2D eigenvalue weighted by molar-refractivity contribution is -0.139. The predicted molar refractivity (Wildman–Crippen MR) is 101 cm³/mol. The summed E-state index contributed by atoms with van der Waals surface area (Å²) in [5.41, 5.74) is 1.52. The molecule has 0 heterocycles. The minimum absolute atomic E-state index is 0.0657. The van der Waals surface area contributed by atoms with E-state index in [1.807, 2.05) is 42.5 Å². The number of carbonyl (C=O) groups is 3. The predicted octanol–water partition coefficient (Wildman–Crippen LogP) is 2.88. The summed E-state index contributed by atoms with van der Waals surface area (Å²) < 4.78 is 5.04. The van der Waals surface area contributed by atoms with Crippen LogP contribution in [-0.2, 0) is 20.7 Å². The van der Waals surface area contributed by atoms with E-state index in [0.29, 0.717) is 18.5 Å². The normalized spacial score (nSPS) is 10.2. The second kappa shape index (κ2) is 10.4. The van der Waals surface area contributed by atoms with Gasteiger partial charge in [0.15, 0.2) is 12.4 Å². The van der Waals surface area contributed by atoms with E-state index in [-0.39, 0.29) is 24.1 Å². The van der Waals surface area contributed by atoms with Crippen LogP contribution in [-0.4, -0.2) is 36.6 Å². The van der Waals surface area contributed by atoms with Crippen LogP contribution in [0.1, 0.15) is 22.8 Å². The summed E-state index contributed by atoms with van der Waals surface area (Å²) in [6, 6.07) is 16.6. The van der Waals surface area contributed by atoms with Gasteiger partial charge in [0.1, 0.15) is 0 Å². The van der Waals surface area contributed by atoms with Gasteiger partial charge in [-0.15, -0.1) is 11.8 Å². The van der Waals surface area contributed by atoms with Crippen LogP contribution in [0.4, 0.5) is 0 Å². The zero-order valence-corrected chi connectivity index (χ0v) is 15.4. The van der Waals surface area contributed by atoms with Crippen molar-refractivity contribution in [2.24, 2.45) is 0 Å². The van der Waals surface area contributed by atoms with Crippen molar-refractivity contribution in [3.05, 3.63) is 65.7 Å². The van der Waals surface area contributed by atoms with E-state index >= 15 is 0 Å². The van der Waals surface area contributed by atoms with Crippen LogP contribution < -0.4 is 5.32 Å². The van der Waals surface area contributed by atoms with Gasteiger partial charge in [0.25, 0.3) is 0 Å². The van der Waals surface area contributed by atoms with Crippen molar-refractivity contribution >= 4 is 29.4 Å². The molecule has 136 valence electrons. The lowest BCUT2D eigenvalue weighted by atomic mass is 10.1. The first kappa shape index (κ1) is 19.7. The number of carbonyl (C=O) groups excluding carboxylic acids is 3. The summed E-state index contributed by atoms with van der Waals surface area (Å²) in [6.45, 7) is 1.76. The van der Waals surface area contributed by atoms with Gasteiger partial charge in [0.05, 0.1) is 5.75 Å². The van der Waals surface area contributed by atoms with Crippen LogP contribution in [0, 0.1) is 0 Å². The number of rotatable bonds is 9. The zero-order chi connectivity index (χ0) is 18.8. The fourth-order valence-corrected chi connectivity index (χ4v) is 2.89. The van der Waals surface area contributed by atoms with Crippen LogP contribution in [0.2, 0.25) is 0 Å². The smallest absolute Gasteiger partial charge is 0.316 e. The van der Waals surface area contributed by atoms with E-state index in [1.165, 1.54) is 18.7 Å². The molecule has 26 heavy (non-hydrogen) atoms. The van der Waals surface area contributed by atoms with Crippen molar-refractivity contribution in [3.8, 4) is 0 Å². The number of thioether (sulfide) groups is 1. The van der Waals surface area contributed by atoms with Crippen molar-refractivity contribution in [2.75, 3.05) is 18.9 Å². The molecule has 0 aliphatic rings. The molecule has 0 aliphatic heterocycles. The minimum Gasteiger partial charge on any atom is -0.457 e. The first-order valence-corrected chi connectivity index (χ1v) is 9.23. The molecule has 0 saturated heterocycles. The van der Waals surface area contributed by atoms with E-state index in [4.69, 9.17) is 4.74 Å². The lowest BCUT2D eigenvalue weighted by Crippen LogP contribution is -2.22. The topological polar surface area (TPSA) is 72.5 Å². The molecule has 0 aliphatic carbocycles. The summed E-state index contributed by atoms with van der Waals surface area (Å²) in [5.74, 6) is -0.557. The molecule has 0 spiro atoms. The first-order chi connectivity index (χ1) is 12.5. The van der Waals surface area contributed by atoms with Crippen LogP contribution in [0.3, 0.4) is 0 Å². The third kappa shape index (κ3) is 7.11. The fourth-order valence-electron chi connectivity index (χ4n) is 2.17.